The fraction of sp³-hybridized carbons (Fsp3) is 0.920. The van der Waals surface area contributed by atoms with Gasteiger partial charge in [-0.3, -0.25) is 14.4 Å². The molecule has 0 aliphatic heterocycles. The highest BCUT2D eigenvalue weighted by Gasteiger charge is 2.34. The van der Waals surface area contributed by atoms with E-state index in [1.165, 1.54) is 5.06 Å². The third-order valence-electron chi connectivity index (χ3n) is 5.18. The lowest BCUT2D eigenvalue weighted by molar-refractivity contribution is -0.178. The van der Waals surface area contributed by atoms with E-state index < -0.39 is 11.2 Å². The van der Waals surface area contributed by atoms with Crippen molar-refractivity contribution in [1.82, 2.24) is 5.06 Å². The molecule has 0 unspecified atom stereocenters. The Balaban J connectivity index is 4.09. The molecule has 0 spiro atoms. The lowest BCUT2D eigenvalue weighted by Crippen LogP contribution is -2.43. The van der Waals surface area contributed by atoms with E-state index in [4.69, 9.17) is 19.4 Å². The maximum Gasteiger partial charge on any atom is 0.245 e. The molecule has 0 atom stereocenters. The molecule has 190 valence electrons. The first-order valence-electron chi connectivity index (χ1n) is 12.1. The van der Waals surface area contributed by atoms with Crippen molar-refractivity contribution in [2.45, 2.75) is 123 Å². The van der Waals surface area contributed by atoms with E-state index in [0.29, 0.717) is 32.5 Å². The summed E-state index contributed by atoms with van der Waals surface area (Å²) >= 11 is 0. The van der Waals surface area contributed by atoms with Gasteiger partial charge in [0, 0.05) is 33.1 Å². The number of hydrogen-bond donors (Lipinski definition) is 1. The van der Waals surface area contributed by atoms with Crippen LogP contribution >= 0.6 is 0 Å². The van der Waals surface area contributed by atoms with Crippen LogP contribution < -0.4 is 0 Å². The number of aliphatic hydroxyl groups excluding tert-OH is 1. The maximum atomic E-state index is 12.7. The number of nitrogens with zero attached hydrogens (tertiary/aromatic N) is 1. The molecule has 7 heteroatoms. The van der Waals surface area contributed by atoms with Crippen LogP contribution in [-0.4, -0.2) is 65.5 Å². The highest BCUT2D eigenvalue weighted by atomic mass is 16.7. The van der Waals surface area contributed by atoms with Gasteiger partial charge in [0.05, 0.1) is 17.8 Å². The minimum atomic E-state index is -0.843. The number of hydrogen-bond acceptors (Lipinski definition) is 6. The number of amides is 1. The van der Waals surface area contributed by atoms with Crippen molar-refractivity contribution in [1.29, 1.82) is 0 Å². The molecule has 0 saturated heterocycles. The second-order valence-electron chi connectivity index (χ2n) is 10.6. The van der Waals surface area contributed by atoms with Crippen LogP contribution in [0.25, 0.3) is 0 Å². The molecule has 1 amide bonds. The summed E-state index contributed by atoms with van der Waals surface area (Å²) in [5.41, 5.74) is -1.48. The second-order valence-corrected chi connectivity index (χ2v) is 10.6. The zero-order valence-electron chi connectivity index (χ0n) is 21.9. The molecule has 0 aromatic carbocycles. The number of Topliss-reactive ketones (excluding diaryl/α,β-unsaturated/α-hetero) is 1. The molecule has 32 heavy (non-hydrogen) atoms. The fourth-order valence-electron chi connectivity index (χ4n) is 3.26. The predicted molar refractivity (Wildman–Crippen MR) is 127 cm³/mol. The second kappa shape index (κ2) is 15.0. The Morgan fingerprint density at radius 1 is 0.812 bits per heavy atom. The Morgan fingerprint density at radius 2 is 1.41 bits per heavy atom. The van der Waals surface area contributed by atoms with Gasteiger partial charge >= 0.3 is 0 Å². The van der Waals surface area contributed by atoms with Crippen molar-refractivity contribution in [2.24, 2.45) is 0 Å². The van der Waals surface area contributed by atoms with Crippen molar-refractivity contribution >= 4 is 11.7 Å². The van der Waals surface area contributed by atoms with E-state index in [0.717, 1.165) is 38.5 Å². The minimum Gasteiger partial charge on any atom is -0.396 e. The number of carbonyl (C=O) groups is 2. The van der Waals surface area contributed by atoms with Gasteiger partial charge in [-0.05, 0) is 80.6 Å². The first-order chi connectivity index (χ1) is 14.7. The first kappa shape index (κ1) is 31.0. The van der Waals surface area contributed by atoms with Gasteiger partial charge in [-0.15, -0.1) is 0 Å². The summed E-state index contributed by atoms with van der Waals surface area (Å²) in [5, 5.41) is 10.1. The van der Waals surface area contributed by atoms with Crippen LogP contribution in [0.15, 0.2) is 0 Å². The molecular formula is C25H49NO6. The van der Waals surface area contributed by atoms with Gasteiger partial charge in [-0.25, -0.2) is 5.06 Å². The molecule has 0 heterocycles. The number of ketones is 1. The summed E-state index contributed by atoms with van der Waals surface area (Å²) in [4.78, 5) is 30.1. The predicted octanol–water partition coefficient (Wildman–Crippen LogP) is 4.84. The van der Waals surface area contributed by atoms with Gasteiger partial charge in [-0.1, -0.05) is 12.8 Å². The van der Waals surface area contributed by atoms with Gasteiger partial charge in [-0.2, -0.15) is 0 Å². The van der Waals surface area contributed by atoms with Crippen LogP contribution in [0.4, 0.5) is 0 Å². The van der Waals surface area contributed by atoms with Crippen molar-refractivity contribution < 1.29 is 29.0 Å². The van der Waals surface area contributed by atoms with Crippen LogP contribution in [0.2, 0.25) is 0 Å². The van der Waals surface area contributed by atoms with Crippen molar-refractivity contribution in [3.8, 4) is 0 Å². The van der Waals surface area contributed by atoms with Gasteiger partial charge < -0.3 is 14.6 Å². The van der Waals surface area contributed by atoms with E-state index >= 15 is 0 Å². The quantitative estimate of drug-likeness (QED) is 0.233. The number of ether oxygens (including phenoxy) is 2. The summed E-state index contributed by atoms with van der Waals surface area (Å²) in [6, 6.07) is 0. The van der Waals surface area contributed by atoms with E-state index in [1.807, 2.05) is 48.5 Å². The normalized spacial score (nSPS) is 12.8. The Hall–Kier alpha value is -1.02. The summed E-state index contributed by atoms with van der Waals surface area (Å²) in [7, 11) is 1.63. The average Bonchev–Trinajstić information content (AvgIpc) is 2.65. The summed E-state index contributed by atoms with van der Waals surface area (Å²) in [6.45, 7) is 14.9. The highest BCUT2D eigenvalue weighted by Crippen LogP contribution is 2.26. The molecule has 0 radical (unpaired) electrons. The number of hydroxylamine groups is 2. The van der Waals surface area contributed by atoms with Crippen LogP contribution in [0.3, 0.4) is 0 Å². The van der Waals surface area contributed by atoms with E-state index in [2.05, 4.69) is 0 Å². The highest BCUT2D eigenvalue weighted by molar-refractivity contribution is 5.86. The Bertz CT molecular complexity index is 539. The van der Waals surface area contributed by atoms with E-state index in [9.17, 15) is 9.59 Å². The monoisotopic (exact) mass is 459 g/mol. The molecule has 0 aromatic rings. The number of carbonyl (C=O) groups excluding carboxylic acids is 2. The molecule has 0 rings (SSSR count). The number of rotatable bonds is 18. The smallest absolute Gasteiger partial charge is 0.245 e. The largest absolute Gasteiger partial charge is 0.396 e. The van der Waals surface area contributed by atoms with Crippen LogP contribution in [-0.2, 0) is 23.9 Å². The van der Waals surface area contributed by atoms with Crippen LogP contribution in [0, 0.1) is 0 Å². The molecule has 0 bridgehead atoms. The first-order valence-corrected chi connectivity index (χ1v) is 12.1. The third-order valence-corrected chi connectivity index (χ3v) is 5.18. The van der Waals surface area contributed by atoms with Gasteiger partial charge in [0.15, 0.2) is 5.78 Å². The van der Waals surface area contributed by atoms with Gasteiger partial charge in [0.25, 0.3) is 0 Å². The topological polar surface area (TPSA) is 85.3 Å². The maximum absolute atomic E-state index is 12.7. The van der Waals surface area contributed by atoms with Crippen molar-refractivity contribution in [2.75, 3.05) is 26.9 Å². The molecule has 0 fully saturated rings. The molecule has 0 aliphatic rings. The summed E-state index contributed by atoms with van der Waals surface area (Å²) in [6.07, 6.45) is 6.32. The van der Waals surface area contributed by atoms with Crippen LogP contribution in [0.5, 0.6) is 0 Å². The SMILES string of the molecule is CN(OCCCCCC(=O)C(C)(C)OC(C)(C)CCOC(C)(C)C)C(=O)CCCCCO. The third kappa shape index (κ3) is 15.7. The van der Waals surface area contributed by atoms with Crippen LogP contribution in [0.1, 0.15) is 106 Å². The summed E-state index contributed by atoms with van der Waals surface area (Å²) < 4.78 is 12.0. The number of aliphatic hydroxyl groups is 1. The lowest BCUT2D eigenvalue weighted by Gasteiger charge is -2.36. The standard InChI is InChI=1S/C25H49NO6/c1-23(2,3)30-20-17-24(4,5)32-25(6,7)21(28)15-11-10-14-19-31-26(8)22(29)16-12-9-13-18-27/h27H,9-20H2,1-8H3. The lowest BCUT2D eigenvalue weighted by atomic mass is 9.95. The Kier molecular flexibility index (Phi) is 14.5. The Labute approximate surface area is 196 Å². The zero-order valence-corrected chi connectivity index (χ0v) is 21.9. The van der Waals surface area contributed by atoms with E-state index in [-0.39, 0.29) is 23.9 Å². The van der Waals surface area contributed by atoms with Crippen molar-refractivity contribution in [3.63, 3.8) is 0 Å². The molecule has 0 saturated carbocycles. The van der Waals surface area contributed by atoms with Gasteiger partial charge in [0.1, 0.15) is 5.60 Å². The molecule has 0 aliphatic carbocycles. The van der Waals surface area contributed by atoms with Crippen molar-refractivity contribution in [3.05, 3.63) is 0 Å². The fourth-order valence-corrected chi connectivity index (χ4v) is 3.26. The molecule has 7 nitrogen and oxygen atoms in total. The summed E-state index contributed by atoms with van der Waals surface area (Å²) in [5.74, 6) is 0.0472. The average molecular weight is 460 g/mol. The number of unbranched alkanes of at least 4 members (excludes halogenated alkanes) is 4. The van der Waals surface area contributed by atoms with E-state index in [1.54, 1.807) is 7.05 Å². The zero-order chi connectivity index (χ0) is 24.8. The molecule has 1 N–H and O–H groups in total. The minimum absolute atomic E-state index is 0.0486. The molecular weight excluding hydrogens is 410 g/mol. The Morgan fingerprint density at radius 3 is 2.00 bits per heavy atom. The molecule has 0 aromatic heterocycles. The van der Waals surface area contributed by atoms with Gasteiger partial charge in [0.2, 0.25) is 5.91 Å².